The van der Waals surface area contributed by atoms with E-state index in [4.69, 9.17) is 16.3 Å². The van der Waals surface area contributed by atoms with Crippen molar-refractivity contribution < 1.29 is 14.3 Å². The lowest BCUT2D eigenvalue weighted by Gasteiger charge is -2.17. The number of ether oxygens (including phenoxy) is 1. The van der Waals surface area contributed by atoms with Crippen LogP contribution in [0, 0.1) is 0 Å². The molecule has 0 aliphatic carbocycles. The number of anilines is 1. The van der Waals surface area contributed by atoms with Crippen molar-refractivity contribution in [2.24, 2.45) is 0 Å². The zero-order valence-electron chi connectivity index (χ0n) is 17.4. The molecule has 0 bridgehead atoms. The number of amides is 2. The Hall–Kier alpha value is -3.38. The topological polar surface area (TPSA) is 71.5 Å². The Balaban J connectivity index is 1.27. The number of pyridine rings is 1. The second-order valence-corrected chi connectivity index (χ2v) is 8.47. The lowest BCUT2D eigenvalue weighted by Crippen LogP contribution is -2.34. The van der Waals surface area contributed by atoms with Crippen molar-refractivity contribution in [3.8, 4) is 16.9 Å². The highest BCUT2D eigenvalue weighted by Gasteiger charge is 2.27. The molecule has 2 aliphatic heterocycles. The number of halogens is 1. The van der Waals surface area contributed by atoms with E-state index < -0.39 is 0 Å². The van der Waals surface area contributed by atoms with Crippen LogP contribution in [-0.4, -0.2) is 36.0 Å². The molecule has 2 aromatic carbocycles. The number of nitrogens with zero attached hydrogens (tertiary/aromatic N) is 2. The van der Waals surface area contributed by atoms with E-state index >= 15 is 0 Å². The van der Waals surface area contributed by atoms with Crippen LogP contribution in [0.4, 0.5) is 5.69 Å². The summed E-state index contributed by atoms with van der Waals surface area (Å²) >= 11 is 6.34. The first-order valence-electron chi connectivity index (χ1n) is 10.7. The monoisotopic (exact) mass is 447 g/mol. The fraction of sp³-hybridized carbons (Fsp3) is 0.240. The van der Waals surface area contributed by atoms with E-state index in [1.807, 2.05) is 30.3 Å². The molecule has 5 rings (SSSR count). The first-order chi connectivity index (χ1) is 15.6. The normalized spacial score (nSPS) is 17.2. The van der Waals surface area contributed by atoms with Crippen LogP contribution in [0.3, 0.4) is 0 Å². The molecule has 1 fully saturated rings. The van der Waals surface area contributed by atoms with Crippen LogP contribution in [-0.2, 0) is 11.2 Å². The largest absolute Gasteiger partial charge is 0.487 e. The van der Waals surface area contributed by atoms with Gasteiger partial charge in [0.15, 0.2) is 0 Å². The van der Waals surface area contributed by atoms with Crippen LogP contribution in [0.1, 0.15) is 28.8 Å². The smallest absolute Gasteiger partial charge is 0.251 e. The fourth-order valence-electron chi connectivity index (χ4n) is 4.30. The first-order valence-corrected chi connectivity index (χ1v) is 11.0. The Morgan fingerprint density at radius 3 is 2.81 bits per heavy atom. The molecule has 0 saturated carbocycles. The molecule has 7 heteroatoms. The second kappa shape index (κ2) is 8.63. The maximum atomic E-state index is 12.8. The van der Waals surface area contributed by atoms with Gasteiger partial charge in [0.1, 0.15) is 11.9 Å². The summed E-state index contributed by atoms with van der Waals surface area (Å²) in [5.41, 5.74) is 4.22. The van der Waals surface area contributed by atoms with E-state index in [1.165, 1.54) is 0 Å². The summed E-state index contributed by atoms with van der Waals surface area (Å²) in [5.74, 6) is 0.711. The quantitative estimate of drug-likeness (QED) is 0.634. The van der Waals surface area contributed by atoms with Crippen LogP contribution >= 0.6 is 11.6 Å². The number of hydrogen-bond donors (Lipinski definition) is 1. The summed E-state index contributed by atoms with van der Waals surface area (Å²) in [6.07, 6.45) is 5.35. The van der Waals surface area contributed by atoms with Crippen molar-refractivity contribution in [3.63, 3.8) is 0 Å². The van der Waals surface area contributed by atoms with E-state index in [9.17, 15) is 9.59 Å². The Morgan fingerprint density at radius 2 is 2.03 bits per heavy atom. The van der Waals surface area contributed by atoms with E-state index in [0.717, 1.165) is 34.5 Å². The number of benzene rings is 2. The average molecular weight is 448 g/mol. The lowest BCUT2D eigenvalue weighted by molar-refractivity contribution is -0.117. The molecule has 1 aromatic heterocycles. The molecule has 1 saturated heterocycles. The van der Waals surface area contributed by atoms with Gasteiger partial charge in [-0.3, -0.25) is 14.6 Å². The highest BCUT2D eigenvalue weighted by molar-refractivity contribution is 6.31. The van der Waals surface area contributed by atoms with Gasteiger partial charge in [-0.2, -0.15) is 0 Å². The van der Waals surface area contributed by atoms with Crippen LogP contribution in [0.25, 0.3) is 11.1 Å². The maximum Gasteiger partial charge on any atom is 0.251 e. The standard InChI is InChI=1S/C25H22ClN3O3/c26-19-11-18-13-21(32-24(18)22(14-19)16-6-8-27-9-7-16)15-28-25(31)17-3-1-4-20(12-17)29-10-2-5-23(29)30/h1,3-4,6-9,11-12,14,21H,2,5,10,13,15H2,(H,28,31). The summed E-state index contributed by atoms with van der Waals surface area (Å²) in [5, 5.41) is 3.62. The molecule has 1 N–H and O–H groups in total. The van der Waals surface area contributed by atoms with Gasteiger partial charge in [0, 0.05) is 59.2 Å². The number of aromatic nitrogens is 1. The van der Waals surface area contributed by atoms with Crippen LogP contribution in [0.15, 0.2) is 60.9 Å². The highest BCUT2D eigenvalue weighted by Crippen LogP contribution is 2.40. The summed E-state index contributed by atoms with van der Waals surface area (Å²) in [6.45, 7) is 1.06. The molecule has 162 valence electrons. The third-order valence-electron chi connectivity index (χ3n) is 5.84. The summed E-state index contributed by atoms with van der Waals surface area (Å²) in [4.78, 5) is 30.6. The minimum atomic E-state index is -0.189. The van der Waals surface area contributed by atoms with Gasteiger partial charge >= 0.3 is 0 Å². The SMILES string of the molecule is O=C(NCC1Cc2cc(Cl)cc(-c3ccncc3)c2O1)c1cccc(N2CCCC2=O)c1. The maximum absolute atomic E-state index is 12.8. The van der Waals surface area contributed by atoms with Crippen molar-refractivity contribution in [2.75, 3.05) is 18.0 Å². The van der Waals surface area contributed by atoms with E-state index in [1.54, 1.807) is 35.5 Å². The number of carbonyl (C=O) groups excluding carboxylic acids is 2. The van der Waals surface area contributed by atoms with Gasteiger partial charge in [-0.25, -0.2) is 0 Å². The number of hydrogen-bond acceptors (Lipinski definition) is 4. The van der Waals surface area contributed by atoms with Gasteiger partial charge in [-0.1, -0.05) is 17.7 Å². The molecule has 2 aliphatic rings. The molecule has 0 spiro atoms. The van der Waals surface area contributed by atoms with E-state index in [0.29, 0.717) is 36.5 Å². The molecule has 3 aromatic rings. The first kappa shape index (κ1) is 20.5. The van der Waals surface area contributed by atoms with Crippen molar-refractivity contribution >= 4 is 29.1 Å². The number of rotatable bonds is 5. The van der Waals surface area contributed by atoms with E-state index in [2.05, 4.69) is 10.3 Å². The number of carbonyl (C=O) groups is 2. The van der Waals surface area contributed by atoms with Gasteiger partial charge in [0.25, 0.3) is 5.91 Å². The van der Waals surface area contributed by atoms with Crippen LogP contribution in [0.5, 0.6) is 5.75 Å². The van der Waals surface area contributed by atoms with Crippen molar-refractivity contribution in [3.05, 3.63) is 77.1 Å². The molecule has 32 heavy (non-hydrogen) atoms. The lowest BCUT2D eigenvalue weighted by atomic mass is 10.0. The zero-order valence-corrected chi connectivity index (χ0v) is 18.1. The van der Waals surface area contributed by atoms with Crippen molar-refractivity contribution in [2.45, 2.75) is 25.4 Å². The number of fused-ring (bicyclic) bond motifs is 1. The minimum Gasteiger partial charge on any atom is -0.487 e. The predicted octanol–water partition coefficient (Wildman–Crippen LogP) is 4.26. The number of nitrogens with one attached hydrogen (secondary N) is 1. The van der Waals surface area contributed by atoms with E-state index in [-0.39, 0.29) is 17.9 Å². The molecule has 3 heterocycles. The second-order valence-electron chi connectivity index (χ2n) is 8.03. The minimum absolute atomic E-state index is 0.100. The molecule has 2 amide bonds. The molecular formula is C25H22ClN3O3. The molecular weight excluding hydrogens is 426 g/mol. The summed E-state index contributed by atoms with van der Waals surface area (Å²) in [6, 6.07) is 14.8. The van der Waals surface area contributed by atoms with Gasteiger partial charge < -0.3 is 15.0 Å². The van der Waals surface area contributed by atoms with Crippen LogP contribution < -0.4 is 15.0 Å². The van der Waals surface area contributed by atoms with Gasteiger partial charge in [0.2, 0.25) is 5.91 Å². The Morgan fingerprint density at radius 1 is 1.19 bits per heavy atom. The zero-order chi connectivity index (χ0) is 22.1. The molecule has 6 nitrogen and oxygen atoms in total. The third kappa shape index (κ3) is 4.06. The average Bonchev–Trinajstić information content (AvgIpc) is 3.43. The van der Waals surface area contributed by atoms with Crippen molar-refractivity contribution in [1.82, 2.24) is 10.3 Å². The summed E-state index contributed by atoms with van der Waals surface area (Å²) in [7, 11) is 0. The Bertz CT molecular complexity index is 1180. The Labute approximate surface area is 191 Å². The van der Waals surface area contributed by atoms with Crippen LogP contribution in [0.2, 0.25) is 5.02 Å². The van der Waals surface area contributed by atoms with Gasteiger partial charge in [-0.15, -0.1) is 0 Å². The van der Waals surface area contributed by atoms with Crippen molar-refractivity contribution in [1.29, 1.82) is 0 Å². The molecule has 1 atom stereocenters. The fourth-order valence-corrected chi connectivity index (χ4v) is 4.54. The Kier molecular flexibility index (Phi) is 5.53. The predicted molar refractivity (Wildman–Crippen MR) is 123 cm³/mol. The third-order valence-corrected chi connectivity index (χ3v) is 6.06. The molecule has 0 radical (unpaired) electrons. The molecule has 1 unspecified atom stereocenters. The summed E-state index contributed by atoms with van der Waals surface area (Å²) < 4.78 is 6.21. The highest BCUT2D eigenvalue weighted by atomic mass is 35.5. The van der Waals surface area contributed by atoms with Gasteiger partial charge in [0.05, 0.1) is 6.54 Å². The van der Waals surface area contributed by atoms with Gasteiger partial charge in [-0.05, 0) is 54.4 Å².